The van der Waals surface area contributed by atoms with Crippen molar-refractivity contribution in [1.82, 2.24) is 10.2 Å². The molecule has 0 saturated heterocycles. The Morgan fingerprint density at radius 3 is 2.64 bits per heavy atom. The minimum Gasteiger partial charge on any atom is -0.395 e. The Labute approximate surface area is 149 Å². The van der Waals surface area contributed by atoms with Crippen molar-refractivity contribution in [3.8, 4) is 0 Å². The number of nitrogens with one attached hydrogen (secondary N) is 1. The Balaban J connectivity index is 1.86. The molecule has 2 aromatic rings. The molecule has 2 atom stereocenters. The normalized spacial score (nSPS) is 17.8. The van der Waals surface area contributed by atoms with E-state index in [0.717, 1.165) is 18.4 Å². The minimum atomic E-state index is -0.0466. The number of rotatable bonds is 6. The van der Waals surface area contributed by atoms with Gasteiger partial charge < -0.3 is 15.3 Å². The van der Waals surface area contributed by atoms with Gasteiger partial charge in [-0.25, -0.2) is 0 Å². The molecule has 25 heavy (non-hydrogen) atoms. The average Bonchev–Trinajstić information content (AvgIpc) is 2.68. The monoisotopic (exact) mass is 338 g/mol. The zero-order valence-electron chi connectivity index (χ0n) is 14.7. The lowest BCUT2D eigenvalue weighted by atomic mass is 9.88. The Morgan fingerprint density at radius 1 is 1.20 bits per heavy atom. The zero-order chi connectivity index (χ0) is 17.6. The summed E-state index contributed by atoms with van der Waals surface area (Å²) in [6.45, 7) is 3.02. The molecule has 0 bridgehead atoms. The third-order valence-corrected chi connectivity index (χ3v) is 4.97. The van der Waals surface area contributed by atoms with E-state index in [2.05, 4.69) is 35.6 Å². The summed E-state index contributed by atoms with van der Waals surface area (Å²) in [6, 6.07) is 18.5. The standard InChI is InChI=1S/C21H26N2O2/c1-2-18(15-24)22-14-20(25)23-13-12-16-8-6-7-11-19(16)21(23)17-9-4-3-5-10-17/h3-11,18,21-22,24H,2,12-15H2,1H3/t18-,21-/m1/s1. The van der Waals surface area contributed by atoms with E-state index in [4.69, 9.17) is 0 Å². The SMILES string of the molecule is CC[C@H](CO)NCC(=O)N1CCc2ccccc2[C@H]1c1ccccc1. The summed E-state index contributed by atoms with van der Waals surface area (Å²) < 4.78 is 0. The highest BCUT2D eigenvalue weighted by atomic mass is 16.3. The molecule has 2 aromatic carbocycles. The fraction of sp³-hybridized carbons (Fsp3) is 0.381. The molecular weight excluding hydrogens is 312 g/mol. The van der Waals surface area contributed by atoms with Crippen LogP contribution in [-0.4, -0.2) is 41.7 Å². The van der Waals surface area contributed by atoms with Crippen LogP contribution in [0, 0.1) is 0 Å². The third kappa shape index (κ3) is 3.91. The summed E-state index contributed by atoms with van der Waals surface area (Å²) in [4.78, 5) is 14.9. The molecule has 2 N–H and O–H groups in total. The van der Waals surface area contributed by atoms with Crippen LogP contribution in [-0.2, 0) is 11.2 Å². The van der Waals surface area contributed by atoms with Crippen LogP contribution in [0.3, 0.4) is 0 Å². The van der Waals surface area contributed by atoms with Crippen molar-refractivity contribution in [2.24, 2.45) is 0 Å². The van der Waals surface area contributed by atoms with Crippen LogP contribution in [0.2, 0.25) is 0 Å². The highest BCUT2D eigenvalue weighted by Gasteiger charge is 2.31. The van der Waals surface area contributed by atoms with Crippen molar-refractivity contribution in [3.63, 3.8) is 0 Å². The van der Waals surface area contributed by atoms with Crippen molar-refractivity contribution < 1.29 is 9.90 Å². The molecule has 0 radical (unpaired) electrons. The lowest BCUT2D eigenvalue weighted by Gasteiger charge is -2.38. The van der Waals surface area contributed by atoms with E-state index in [1.54, 1.807) is 0 Å². The zero-order valence-corrected chi connectivity index (χ0v) is 14.7. The molecule has 0 unspecified atom stereocenters. The molecule has 0 fully saturated rings. The number of fused-ring (bicyclic) bond motifs is 1. The van der Waals surface area contributed by atoms with Crippen molar-refractivity contribution in [2.75, 3.05) is 19.7 Å². The van der Waals surface area contributed by atoms with E-state index in [1.165, 1.54) is 11.1 Å². The van der Waals surface area contributed by atoms with Crippen molar-refractivity contribution in [3.05, 3.63) is 71.3 Å². The van der Waals surface area contributed by atoms with Gasteiger partial charge in [-0.2, -0.15) is 0 Å². The first-order valence-corrected chi connectivity index (χ1v) is 9.01. The van der Waals surface area contributed by atoms with Crippen LogP contribution in [0.15, 0.2) is 54.6 Å². The van der Waals surface area contributed by atoms with E-state index >= 15 is 0 Å². The van der Waals surface area contributed by atoms with Gasteiger partial charge in [0.1, 0.15) is 0 Å². The first-order chi connectivity index (χ1) is 12.2. The number of nitrogens with zero attached hydrogens (tertiary/aromatic N) is 1. The Kier molecular flexibility index (Phi) is 5.84. The lowest BCUT2D eigenvalue weighted by Crippen LogP contribution is -2.46. The fourth-order valence-corrected chi connectivity index (χ4v) is 3.50. The molecule has 4 nitrogen and oxygen atoms in total. The summed E-state index contributed by atoms with van der Waals surface area (Å²) in [7, 11) is 0. The summed E-state index contributed by atoms with van der Waals surface area (Å²) in [5.41, 5.74) is 3.66. The van der Waals surface area contributed by atoms with Gasteiger partial charge >= 0.3 is 0 Å². The highest BCUT2D eigenvalue weighted by Crippen LogP contribution is 2.34. The number of hydrogen-bond donors (Lipinski definition) is 2. The predicted octanol–water partition coefficient (Wildman–Crippen LogP) is 2.52. The largest absolute Gasteiger partial charge is 0.395 e. The van der Waals surface area contributed by atoms with Crippen molar-refractivity contribution >= 4 is 5.91 Å². The number of amides is 1. The van der Waals surface area contributed by atoms with E-state index in [1.807, 2.05) is 36.1 Å². The molecule has 1 aliphatic heterocycles. The van der Waals surface area contributed by atoms with Gasteiger partial charge in [0.05, 0.1) is 19.2 Å². The van der Waals surface area contributed by atoms with Gasteiger partial charge in [0, 0.05) is 12.6 Å². The fourth-order valence-electron chi connectivity index (χ4n) is 3.50. The molecular formula is C21H26N2O2. The quantitative estimate of drug-likeness (QED) is 0.851. The summed E-state index contributed by atoms with van der Waals surface area (Å²) >= 11 is 0. The van der Waals surface area contributed by atoms with Gasteiger partial charge in [0.2, 0.25) is 5.91 Å². The second-order valence-electron chi connectivity index (χ2n) is 6.52. The maximum Gasteiger partial charge on any atom is 0.237 e. The second-order valence-corrected chi connectivity index (χ2v) is 6.52. The maximum atomic E-state index is 12.9. The third-order valence-electron chi connectivity index (χ3n) is 4.97. The van der Waals surface area contributed by atoms with Gasteiger partial charge in [-0.1, -0.05) is 61.5 Å². The molecule has 1 aliphatic rings. The van der Waals surface area contributed by atoms with E-state index in [9.17, 15) is 9.90 Å². The minimum absolute atomic E-state index is 0.0313. The lowest BCUT2D eigenvalue weighted by molar-refractivity contribution is -0.132. The maximum absolute atomic E-state index is 12.9. The molecule has 0 saturated carbocycles. The van der Waals surface area contributed by atoms with Crippen LogP contribution in [0.25, 0.3) is 0 Å². The van der Waals surface area contributed by atoms with Gasteiger partial charge in [-0.05, 0) is 29.5 Å². The van der Waals surface area contributed by atoms with Gasteiger partial charge in [-0.3, -0.25) is 4.79 Å². The van der Waals surface area contributed by atoms with Crippen LogP contribution < -0.4 is 5.32 Å². The van der Waals surface area contributed by atoms with Crippen molar-refractivity contribution in [2.45, 2.75) is 31.8 Å². The van der Waals surface area contributed by atoms with Gasteiger partial charge in [0.15, 0.2) is 0 Å². The van der Waals surface area contributed by atoms with Crippen molar-refractivity contribution in [1.29, 1.82) is 0 Å². The Morgan fingerprint density at radius 2 is 1.92 bits per heavy atom. The molecule has 0 aromatic heterocycles. The highest BCUT2D eigenvalue weighted by molar-refractivity contribution is 5.79. The smallest absolute Gasteiger partial charge is 0.237 e. The van der Waals surface area contributed by atoms with E-state index < -0.39 is 0 Å². The molecule has 1 amide bonds. The number of aliphatic hydroxyl groups is 1. The average molecular weight is 338 g/mol. The first kappa shape index (κ1) is 17.6. The summed E-state index contributed by atoms with van der Waals surface area (Å²) in [5.74, 6) is 0.0789. The van der Waals surface area contributed by atoms with E-state index in [-0.39, 0.29) is 31.1 Å². The topological polar surface area (TPSA) is 52.6 Å². The number of benzene rings is 2. The number of aliphatic hydroxyl groups excluding tert-OH is 1. The summed E-state index contributed by atoms with van der Waals surface area (Å²) in [5, 5.41) is 12.5. The Hall–Kier alpha value is -2.17. The second kappa shape index (κ2) is 8.28. The molecule has 4 heteroatoms. The van der Waals surface area contributed by atoms with Crippen LogP contribution >= 0.6 is 0 Å². The molecule has 132 valence electrons. The van der Waals surface area contributed by atoms with E-state index in [0.29, 0.717) is 6.54 Å². The first-order valence-electron chi connectivity index (χ1n) is 9.01. The van der Waals surface area contributed by atoms with Crippen LogP contribution in [0.1, 0.15) is 36.1 Å². The number of carbonyl (C=O) groups excluding carboxylic acids is 1. The van der Waals surface area contributed by atoms with Gasteiger partial charge in [-0.15, -0.1) is 0 Å². The van der Waals surface area contributed by atoms with Gasteiger partial charge in [0.25, 0.3) is 0 Å². The molecule has 0 spiro atoms. The number of hydrogen-bond acceptors (Lipinski definition) is 3. The molecule has 1 heterocycles. The predicted molar refractivity (Wildman–Crippen MR) is 99.3 cm³/mol. The molecule has 3 rings (SSSR count). The summed E-state index contributed by atoms with van der Waals surface area (Å²) in [6.07, 6.45) is 1.68. The molecule has 0 aliphatic carbocycles. The number of carbonyl (C=O) groups is 1. The van der Waals surface area contributed by atoms with Crippen LogP contribution in [0.5, 0.6) is 0 Å². The van der Waals surface area contributed by atoms with Crippen LogP contribution in [0.4, 0.5) is 0 Å². The Bertz CT molecular complexity index is 698.